The Morgan fingerprint density at radius 3 is 2.59 bits per heavy atom. The van der Waals surface area contributed by atoms with E-state index in [1.807, 2.05) is 6.92 Å². The molecule has 1 heterocycles. The molecule has 0 saturated carbocycles. The maximum atomic E-state index is 13.5. The molecule has 1 aliphatic carbocycles. The van der Waals surface area contributed by atoms with Gasteiger partial charge in [-0.25, -0.2) is 4.39 Å². The summed E-state index contributed by atoms with van der Waals surface area (Å²) >= 11 is 0. The third kappa shape index (κ3) is 3.77. The Labute approximate surface area is 182 Å². The lowest BCUT2D eigenvalue weighted by molar-refractivity contribution is -0.0500. The first kappa shape index (κ1) is 22.7. The van der Waals surface area contributed by atoms with Crippen molar-refractivity contribution in [3.05, 3.63) is 41.0 Å². The summed E-state index contributed by atoms with van der Waals surface area (Å²) in [7, 11) is -5.97. The van der Waals surface area contributed by atoms with Crippen LogP contribution in [0.1, 0.15) is 36.6 Å². The van der Waals surface area contributed by atoms with Crippen LogP contribution in [0.5, 0.6) is 17.2 Å². The normalized spacial score (nSPS) is 19.1. The van der Waals surface area contributed by atoms with Crippen molar-refractivity contribution in [1.82, 2.24) is 4.90 Å². The maximum Gasteiger partial charge on any atom is 0.534 e. The van der Waals surface area contributed by atoms with Crippen molar-refractivity contribution < 1.29 is 40.0 Å². The monoisotopic (exact) mass is 475 g/mol. The summed E-state index contributed by atoms with van der Waals surface area (Å²) in [5.41, 5.74) is -2.69. The average Bonchev–Trinajstić information content (AvgIpc) is 2.68. The molecular formula is C21H21F4NO5S. The first-order valence-electron chi connectivity index (χ1n) is 10.0. The highest BCUT2D eigenvalue weighted by molar-refractivity contribution is 7.88. The summed E-state index contributed by atoms with van der Waals surface area (Å²) < 4.78 is 84.3. The molecule has 2 aliphatic rings. The number of nitrogens with zero attached hydrogens (tertiary/aromatic N) is 1. The highest BCUT2D eigenvalue weighted by atomic mass is 32.2. The minimum absolute atomic E-state index is 0.0480. The summed E-state index contributed by atoms with van der Waals surface area (Å²) in [5.74, 6) is -1.35. The van der Waals surface area contributed by atoms with Gasteiger partial charge < -0.3 is 14.0 Å². The zero-order valence-electron chi connectivity index (χ0n) is 17.2. The molecule has 1 aliphatic heterocycles. The SMILES string of the molecule is CCN1CCc2cc(OC(C)F)cc3c2[C@H]1Cc1ccc(OS(=O)(=O)C(F)(F)F)c(O)c1-3. The third-order valence-electron chi connectivity index (χ3n) is 5.78. The van der Waals surface area contributed by atoms with Gasteiger partial charge in [-0.05, 0) is 59.8 Å². The van der Waals surface area contributed by atoms with Crippen molar-refractivity contribution in [2.24, 2.45) is 0 Å². The first-order chi connectivity index (χ1) is 14.9. The first-order valence-corrected chi connectivity index (χ1v) is 11.4. The van der Waals surface area contributed by atoms with E-state index in [-0.39, 0.29) is 17.4 Å². The molecule has 0 fully saturated rings. The second-order valence-electron chi connectivity index (χ2n) is 7.73. The van der Waals surface area contributed by atoms with Gasteiger partial charge in [-0.1, -0.05) is 13.0 Å². The van der Waals surface area contributed by atoms with Crippen LogP contribution in [-0.4, -0.2) is 43.4 Å². The predicted molar refractivity (Wildman–Crippen MR) is 108 cm³/mol. The van der Waals surface area contributed by atoms with E-state index in [1.54, 1.807) is 6.07 Å². The molecule has 174 valence electrons. The minimum Gasteiger partial charge on any atom is -0.504 e. The van der Waals surface area contributed by atoms with Crippen LogP contribution in [0.2, 0.25) is 0 Å². The number of hydrogen-bond acceptors (Lipinski definition) is 6. The Hall–Kier alpha value is -2.53. The second kappa shape index (κ2) is 7.80. The number of phenols is 1. The highest BCUT2D eigenvalue weighted by Gasteiger charge is 2.49. The Kier molecular flexibility index (Phi) is 5.52. The fraction of sp³-hybridized carbons (Fsp3) is 0.429. The van der Waals surface area contributed by atoms with Gasteiger partial charge in [0.2, 0.25) is 6.36 Å². The lowest BCUT2D eigenvalue weighted by atomic mass is 9.76. The minimum atomic E-state index is -5.97. The van der Waals surface area contributed by atoms with Crippen molar-refractivity contribution in [3.8, 4) is 28.4 Å². The number of likely N-dealkylation sites (N-methyl/N-ethyl adjacent to an activating group) is 1. The van der Waals surface area contributed by atoms with Crippen molar-refractivity contribution >= 4 is 10.1 Å². The number of ether oxygens (including phenoxy) is 1. The van der Waals surface area contributed by atoms with E-state index in [9.17, 15) is 31.1 Å². The average molecular weight is 475 g/mol. The topological polar surface area (TPSA) is 76.1 Å². The van der Waals surface area contributed by atoms with E-state index in [0.717, 1.165) is 30.3 Å². The van der Waals surface area contributed by atoms with E-state index in [4.69, 9.17) is 4.74 Å². The highest BCUT2D eigenvalue weighted by Crippen LogP contribution is 2.52. The summed E-state index contributed by atoms with van der Waals surface area (Å²) in [6, 6.07) is 5.64. The standard InChI is InChI=1S/C21H21F4NO5S/c1-3-26-7-6-13-8-14(30-11(2)22)10-15-18(13)16(26)9-12-4-5-17(20(27)19(12)15)31-32(28,29)21(23,24)25/h4-5,8,10-11,16,27H,3,6-7,9H2,1-2H3/t11?,16-/m1/s1. The van der Waals surface area contributed by atoms with Crippen LogP contribution in [0.15, 0.2) is 24.3 Å². The number of fused-ring (bicyclic) bond motifs is 2. The number of rotatable bonds is 5. The Morgan fingerprint density at radius 1 is 1.25 bits per heavy atom. The zero-order chi connectivity index (χ0) is 23.4. The smallest absolute Gasteiger partial charge is 0.504 e. The summed E-state index contributed by atoms with van der Waals surface area (Å²) in [6.45, 7) is 4.75. The molecule has 0 saturated heterocycles. The lowest BCUT2D eigenvalue weighted by Crippen LogP contribution is -2.38. The van der Waals surface area contributed by atoms with Gasteiger partial charge in [-0.2, -0.15) is 21.6 Å². The van der Waals surface area contributed by atoms with Crippen LogP contribution in [0.3, 0.4) is 0 Å². The molecule has 11 heteroatoms. The Bertz CT molecular complexity index is 1160. The summed E-state index contributed by atoms with van der Waals surface area (Å²) in [5, 5.41) is 10.8. The number of benzene rings is 2. The van der Waals surface area contributed by atoms with Gasteiger partial charge >= 0.3 is 15.6 Å². The fourth-order valence-electron chi connectivity index (χ4n) is 4.48. The van der Waals surface area contributed by atoms with Crippen molar-refractivity contribution in [3.63, 3.8) is 0 Å². The molecule has 2 aromatic carbocycles. The summed E-state index contributed by atoms with van der Waals surface area (Å²) in [4.78, 5) is 2.24. The third-order valence-corrected chi connectivity index (χ3v) is 6.74. The maximum absolute atomic E-state index is 13.5. The van der Waals surface area contributed by atoms with Gasteiger partial charge in [0.15, 0.2) is 11.5 Å². The number of halogens is 4. The molecule has 32 heavy (non-hydrogen) atoms. The van der Waals surface area contributed by atoms with Crippen LogP contribution in [0.25, 0.3) is 11.1 Å². The van der Waals surface area contributed by atoms with Crippen LogP contribution in [0.4, 0.5) is 17.6 Å². The molecule has 1 unspecified atom stereocenters. The molecule has 0 radical (unpaired) electrons. The van der Waals surface area contributed by atoms with E-state index >= 15 is 0 Å². The molecule has 0 aromatic heterocycles. The summed E-state index contributed by atoms with van der Waals surface area (Å²) in [6.07, 6.45) is -0.503. The fourth-order valence-corrected chi connectivity index (χ4v) is 4.95. The number of hydrogen-bond donors (Lipinski definition) is 1. The molecular weight excluding hydrogens is 454 g/mol. The van der Waals surface area contributed by atoms with Crippen LogP contribution >= 0.6 is 0 Å². The van der Waals surface area contributed by atoms with E-state index in [1.165, 1.54) is 19.1 Å². The lowest BCUT2D eigenvalue weighted by Gasteiger charge is -2.41. The molecule has 0 amide bonds. The number of aromatic hydroxyl groups is 1. The Morgan fingerprint density at radius 2 is 1.97 bits per heavy atom. The van der Waals surface area contributed by atoms with E-state index in [0.29, 0.717) is 24.0 Å². The van der Waals surface area contributed by atoms with Gasteiger partial charge in [0.1, 0.15) is 5.75 Å². The van der Waals surface area contributed by atoms with Crippen LogP contribution < -0.4 is 8.92 Å². The molecule has 0 spiro atoms. The molecule has 2 aromatic rings. The molecule has 1 N–H and O–H groups in total. The van der Waals surface area contributed by atoms with Crippen LogP contribution in [0, 0.1) is 0 Å². The molecule has 4 rings (SSSR count). The second-order valence-corrected chi connectivity index (χ2v) is 9.27. The van der Waals surface area contributed by atoms with Crippen molar-refractivity contribution in [1.29, 1.82) is 0 Å². The van der Waals surface area contributed by atoms with Crippen molar-refractivity contribution in [2.45, 2.75) is 44.6 Å². The van der Waals surface area contributed by atoms with E-state index < -0.39 is 33.5 Å². The van der Waals surface area contributed by atoms with Gasteiger partial charge in [0.25, 0.3) is 0 Å². The van der Waals surface area contributed by atoms with E-state index in [2.05, 4.69) is 9.08 Å². The number of alkyl halides is 4. The predicted octanol–water partition coefficient (Wildman–Crippen LogP) is 4.46. The van der Waals surface area contributed by atoms with Gasteiger partial charge in [0.05, 0.1) is 0 Å². The zero-order valence-corrected chi connectivity index (χ0v) is 18.1. The van der Waals surface area contributed by atoms with Gasteiger partial charge in [-0.15, -0.1) is 0 Å². The Balaban J connectivity index is 1.90. The molecule has 2 atom stereocenters. The largest absolute Gasteiger partial charge is 0.534 e. The quantitative estimate of drug-likeness (QED) is 0.391. The van der Waals surface area contributed by atoms with Crippen molar-refractivity contribution in [2.75, 3.05) is 13.1 Å². The molecule has 6 nitrogen and oxygen atoms in total. The van der Waals surface area contributed by atoms with Gasteiger partial charge in [0, 0.05) is 25.1 Å². The number of phenolic OH excluding ortho intramolecular Hbond substituents is 1. The molecule has 0 bridgehead atoms. The van der Waals surface area contributed by atoms with Crippen LogP contribution in [-0.2, 0) is 23.0 Å². The van der Waals surface area contributed by atoms with Gasteiger partial charge in [-0.3, -0.25) is 4.90 Å².